The highest BCUT2D eigenvalue weighted by Crippen LogP contribution is 2.26. The minimum Gasteiger partial charge on any atom is -0.349 e. The van der Waals surface area contributed by atoms with Crippen molar-refractivity contribution in [3.63, 3.8) is 0 Å². The normalized spacial score (nSPS) is 11.0. The molecule has 6 heteroatoms. The van der Waals surface area contributed by atoms with Crippen molar-refractivity contribution in [2.75, 3.05) is 17.9 Å². The summed E-state index contributed by atoms with van der Waals surface area (Å²) in [5.74, 6) is -0.224. The Morgan fingerprint density at radius 2 is 1.80 bits per heavy atom. The van der Waals surface area contributed by atoms with Gasteiger partial charge in [0.15, 0.2) is 0 Å². The van der Waals surface area contributed by atoms with Crippen LogP contribution in [0.15, 0.2) is 60.0 Å². The van der Waals surface area contributed by atoms with Gasteiger partial charge in [-0.25, -0.2) is 8.42 Å². The van der Waals surface area contributed by atoms with Crippen LogP contribution < -0.4 is 9.62 Å². The van der Waals surface area contributed by atoms with Gasteiger partial charge in [-0.1, -0.05) is 23.8 Å². The molecule has 0 unspecified atom stereocenters. The monoisotopic (exact) mass is 358 g/mol. The van der Waals surface area contributed by atoms with Gasteiger partial charge in [0.2, 0.25) is 0 Å². The van der Waals surface area contributed by atoms with E-state index in [1.165, 1.54) is 11.4 Å². The van der Waals surface area contributed by atoms with E-state index in [-0.39, 0.29) is 10.8 Å². The summed E-state index contributed by atoms with van der Waals surface area (Å²) in [7, 11) is -2.15. The maximum Gasteiger partial charge on any atom is 0.264 e. The minimum atomic E-state index is -3.66. The first-order valence-electron chi connectivity index (χ1n) is 7.82. The van der Waals surface area contributed by atoms with E-state index >= 15 is 0 Å². The zero-order chi connectivity index (χ0) is 18.6. The van der Waals surface area contributed by atoms with Gasteiger partial charge in [-0.05, 0) is 49.7 Å². The standard InChI is InChI=1S/C19H22N2O3S/c1-5-12-20-19(22)16-8-11-18(15(3)13-16)21(4)25(23,24)17-9-6-14(2)7-10-17/h5-11,13H,1,12H2,2-4H3,(H,20,22). The third kappa shape index (κ3) is 4.09. The molecule has 0 saturated carbocycles. The quantitative estimate of drug-likeness (QED) is 0.807. The van der Waals surface area contributed by atoms with Crippen LogP contribution in [0, 0.1) is 13.8 Å². The van der Waals surface area contributed by atoms with E-state index in [0.29, 0.717) is 23.4 Å². The molecule has 0 aliphatic carbocycles. The number of nitrogens with zero attached hydrogens (tertiary/aromatic N) is 1. The lowest BCUT2D eigenvalue weighted by molar-refractivity contribution is 0.0958. The van der Waals surface area contributed by atoms with Crippen molar-refractivity contribution in [2.45, 2.75) is 18.7 Å². The average Bonchev–Trinajstić information content (AvgIpc) is 2.59. The summed E-state index contributed by atoms with van der Waals surface area (Å²) in [5, 5.41) is 2.70. The SMILES string of the molecule is C=CCNC(=O)c1ccc(N(C)S(=O)(=O)c2ccc(C)cc2)c(C)c1. The number of sulfonamides is 1. The molecule has 1 amide bonds. The van der Waals surface area contributed by atoms with Crippen molar-refractivity contribution in [1.82, 2.24) is 5.32 Å². The van der Waals surface area contributed by atoms with Crippen molar-refractivity contribution < 1.29 is 13.2 Å². The Kier molecular flexibility index (Phi) is 5.64. The van der Waals surface area contributed by atoms with Gasteiger partial charge in [0, 0.05) is 19.2 Å². The van der Waals surface area contributed by atoms with Gasteiger partial charge in [0.25, 0.3) is 15.9 Å². The highest BCUT2D eigenvalue weighted by Gasteiger charge is 2.22. The summed E-state index contributed by atoms with van der Waals surface area (Å²) in [4.78, 5) is 12.2. The largest absolute Gasteiger partial charge is 0.349 e. The first-order chi connectivity index (χ1) is 11.8. The Labute approximate surface area is 149 Å². The highest BCUT2D eigenvalue weighted by atomic mass is 32.2. The zero-order valence-electron chi connectivity index (χ0n) is 14.6. The van der Waals surface area contributed by atoms with E-state index in [2.05, 4.69) is 11.9 Å². The van der Waals surface area contributed by atoms with Crippen LogP contribution >= 0.6 is 0 Å². The summed E-state index contributed by atoms with van der Waals surface area (Å²) in [6.45, 7) is 7.61. The molecule has 0 fully saturated rings. The predicted octanol–water partition coefficient (Wildman–Crippen LogP) is 3.04. The molecule has 0 aliphatic rings. The van der Waals surface area contributed by atoms with Gasteiger partial charge in [-0.15, -0.1) is 6.58 Å². The second-order valence-electron chi connectivity index (χ2n) is 5.79. The highest BCUT2D eigenvalue weighted by molar-refractivity contribution is 7.92. The molecule has 25 heavy (non-hydrogen) atoms. The first-order valence-corrected chi connectivity index (χ1v) is 9.26. The molecule has 0 radical (unpaired) electrons. The molecule has 0 bridgehead atoms. The Balaban J connectivity index is 2.33. The van der Waals surface area contributed by atoms with E-state index in [0.717, 1.165) is 5.56 Å². The number of anilines is 1. The summed E-state index contributed by atoms with van der Waals surface area (Å²) >= 11 is 0. The lowest BCUT2D eigenvalue weighted by Gasteiger charge is -2.22. The fourth-order valence-electron chi connectivity index (χ4n) is 2.41. The van der Waals surface area contributed by atoms with E-state index in [9.17, 15) is 13.2 Å². The van der Waals surface area contributed by atoms with Gasteiger partial charge < -0.3 is 5.32 Å². The molecule has 0 spiro atoms. The van der Waals surface area contributed by atoms with Gasteiger partial charge in [-0.3, -0.25) is 9.10 Å². The summed E-state index contributed by atoms with van der Waals surface area (Å²) in [6, 6.07) is 11.6. The fraction of sp³-hybridized carbons (Fsp3) is 0.211. The lowest BCUT2D eigenvalue weighted by atomic mass is 10.1. The second kappa shape index (κ2) is 7.53. The summed E-state index contributed by atoms with van der Waals surface area (Å²) in [5.41, 5.74) is 2.70. The number of rotatable bonds is 6. The number of carbonyl (C=O) groups excluding carboxylic acids is 1. The van der Waals surface area contributed by atoms with Crippen molar-refractivity contribution >= 4 is 21.6 Å². The third-order valence-corrected chi connectivity index (χ3v) is 5.67. The average molecular weight is 358 g/mol. The molecule has 1 N–H and O–H groups in total. The molecule has 2 aromatic carbocycles. The summed E-state index contributed by atoms with van der Waals surface area (Å²) in [6.07, 6.45) is 1.60. The van der Waals surface area contributed by atoms with Crippen LogP contribution in [0.2, 0.25) is 0 Å². The molecule has 2 rings (SSSR count). The van der Waals surface area contributed by atoms with Crippen LogP contribution in [-0.4, -0.2) is 27.9 Å². The molecule has 2 aromatic rings. The van der Waals surface area contributed by atoms with Gasteiger partial charge in [0.1, 0.15) is 0 Å². The predicted molar refractivity (Wildman–Crippen MR) is 100 cm³/mol. The van der Waals surface area contributed by atoms with Crippen LogP contribution in [0.25, 0.3) is 0 Å². The van der Waals surface area contributed by atoms with Gasteiger partial charge in [-0.2, -0.15) is 0 Å². The number of aryl methyl sites for hydroxylation is 2. The lowest BCUT2D eigenvalue weighted by Crippen LogP contribution is -2.28. The molecule has 0 aliphatic heterocycles. The second-order valence-corrected chi connectivity index (χ2v) is 7.75. The van der Waals surface area contributed by atoms with Crippen molar-refractivity contribution in [3.8, 4) is 0 Å². The Morgan fingerprint density at radius 1 is 1.16 bits per heavy atom. The first kappa shape index (κ1) is 18.7. The summed E-state index contributed by atoms with van der Waals surface area (Å²) < 4.78 is 26.8. The van der Waals surface area contributed by atoms with E-state index < -0.39 is 10.0 Å². The van der Waals surface area contributed by atoms with Crippen LogP contribution in [-0.2, 0) is 10.0 Å². The maximum absolute atomic E-state index is 12.8. The number of amides is 1. The minimum absolute atomic E-state index is 0.224. The Bertz CT molecular complexity index is 887. The van der Waals surface area contributed by atoms with Gasteiger partial charge in [0.05, 0.1) is 10.6 Å². The van der Waals surface area contributed by atoms with Crippen molar-refractivity contribution in [1.29, 1.82) is 0 Å². The number of hydrogen-bond donors (Lipinski definition) is 1. The number of carbonyl (C=O) groups is 1. The molecule has 5 nitrogen and oxygen atoms in total. The van der Waals surface area contributed by atoms with Crippen molar-refractivity contribution in [2.24, 2.45) is 0 Å². The number of nitrogens with one attached hydrogen (secondary N) is 1. The maximum atomic E-state index is 12.8. The third-order valence-electron chi connectivity index (χ3n) is 3.88. The van der Waals surface area contributed by atoms with Crippen LogP contribution in [0.5, 0.6) is 0 Å². The zero-order valence-corrected chi connectivity index (χ0v) is 15.4. The molecule has 132 valence electrons. The van der Waals surface area contributed by atoms with Crippen LogP contribution in [0.4, 0.5) is 5.69 Å². The molecule has 0 atom stereocenters. The molecular weight excluding hydrogens is 336 g/mol. The molecular formula is C19H22N2O3S. The number of hydrogen-bond acceptors (Lipinski definition) is 3. The number of benzene rings is 2. The molecule has 0 saturated heterocycles. The van der Waals surface area contributed by atoms with E-state index in [1.807, 2.05) is 6.92 Å². The molecule has 0 aromatic heterocycles. The van der Waals surface area contributed by atoms with Gasteiger partial charge >= 0.3 is 0 Å². The Hall–Kier alpha value is -2.60. The molecule has 0 heterocycles. The Morgan fingerprint density at radius 3 is 2.36 bits per heavy atom. The smallest absolute Gasteiger partial charge is 0.264 e. The fourth-order valence-corrected chi connectivity index (χ4v) is 3.67. The van der Waals surface area contributed by atoms with Crippen molar-refractivity contribution in [3.05, 3.63) is 71.8 Å². The van der Waals surface area contributed by atoms with Crippen LogP contribution in [0.1, 0.15) is 21.5 Å². The topological polar surface area (TPSA) is 66.5 Å². The van der Waals surface area contributed by atoms with Crippen LogP contribution in [0.3, 0.4) is 0 Å². The van der Waals surface area contributed by atoms with E-state index in [4.69, 9.17) is 0 Å². The van der Waals surface area contributed by atoms with E-state index in [1.54, 1.807) is 55.5 Å².